The zero-order valence-corrected chi connectivity index (χ0v) is 11.3. The number of nitrogens with zero attached hydrogens (tertiary/aromatic N) is 1. The number of esters is 1. The minimum Gasteiger partial charge on any atom is -0.468 e. The molecule has 5 heteroatoms. The number of rotatable bonds is 6. The summed E-state index contributed by atoms with van der Waals surface area (Å²) in [6.07, 6.45) is 0.913. The Hall–Kier alpha value is -1.13. The van der Waals surface area contributed by atoms with Crippen LogP contribution < -0.4 is 0 Å². The van der Waals surface area contributed by atoms with Crippen molar-refractivity contribution < 1.29 is 13.9 Å². The smallest absolute Gasteiger partial charge is 0.319 e. The molecule has 1 rings (SSSR count). The third-order valence-corrected chi connectivity index (χ3v) is 2.88. The Labute approximate surface area is 111 Å². The predicted molar refractivity (Wildman–Crippen MR) is 69.0 cm³/mol. The lowest BCUT2D eigenvalue weighted by Gasteiger charge is -2.20. The highest BCUT2D eigenvalue weighted by atomic mass is 35.5. The van der Waals surface area contributed by atoms with Crippen LogP contribution in [0.15, 0.2) is 18.2 Å². The SMILES string of the molecule is CCCN(CC(=O)OC)Cc1ccc(F)cc1Cl. The van der Waals surface area contributed by atoms with E-state index in [9.17, 15) is 9.18 Å². The first-order valence-corrected chi connectivity index (χ1v) is 6.17. The molecule has 0 heterocycles. The van der Waals surface area contributed by atoms with Crippen molar-refractivity contribution in [3.8, 4) is 0 Å². The van der Waals surface area contributed by atoms with Crippen LogP contribution in [0.1, 0.15) is 18.9 Å². The second-order valence-electron chi connectivity index (χ2n) is 4.02. The Morgan fingerprint density at radius 1 is 1.50 bits per heavy atom. The van der Waals surface area contributed by atoms with Gasteiger partial charge in [-0.25, -0.2) is 4.39 Å². The minimum absolute atomic E-state index is 0.206. The molecule has 0 N–H and O–H groups in total. The molecule has 3 nitrogen and oxygen atoms in total. The van der Waals surface area contributed by atoms with E-state index in [-0.39, 0.29) is 18.3 Å². The molecule has 1 aromatic rings. The molecule has 0 amide bonds. The number of ether oxygens (including phenoxy) is 1. The highest BCUT2D eigenvalue weighted by Gasteiger charge is 2.12. The van der Waals surface area contributed by atoms with Crippen molar-refractivity contribution >= 4 is 17.6 Å². The van der Waals surface area contributed by atoms with Crippen LogP contribution in [0.2, 0.25) is 5.02 Å². The van der Waals surface area contributed by atoms with Gasteiger partial charge in [-0.2, -0.15) is 0 Å². The van der Waals surface area contributed by atoms with Crippen LogP contribution >= 0.6 is 11.6 Å². The van der Waals surface area contributed by atoms with Crippen molar-refractivity contribution in [2.24, 2.45) is 0 Å². The Bertz CT molecular complexity index is 412. The maximum absolute atomic E-state index is 12.9. The van der Waals surface area contributed by atoms with Crippen LogP contribution in [0.25, 0.3) is 0 Å². The van der Waals surface area contributed by atoms with Gasteiger partial charge in [-0.15, -0.1) is 0 Å². The van der Waals surface area contributed by atoms with E-state index in [1.807, 2.05) is 11.8 Å². The van der Waals surface area contributed by atoms with E-state index in [4.69, 9.17) is 11.6 Å². The summed E-state index contributed by atoms with van der Waals surface area (Å²) < 4.78 is 17.6. The maximum atomic E-state index is 12.9. The highest BCUT2D eigenvalue weighted by molar-refractivity contribution is 6.31. The van der Waals surface area contributed by atoms with Gasteiger partial charge in [0.05, 0.1) is 13.7 Å². The van der Waals surface area contributed by atoms with Gasteiger partial charge in [0.1, 0.15) is 5.82 Å². The molecule has 0 spiro atoms. The van der Waals surface area contributed by atoms with Gasteiger partial charge >= 0.3 is 5.97 Å². The Balaban J connectivity index is 2.72. The molecule has 0 saturated heterocycles. The summed E-state index contributed by atoms with van der Waals surface area (Å²) in [4.78, 5) is 13.2. The zero-order valence-electron chi connectivity index (χ0n) is 10.6. The molecule has 0 saturated carbocycles. The van der Waals surface area contributed by atoms with E-state index in [2.05, 4.69) is 4.74 Å². The van der Waals surface area contributed by atoms with Gasteiger partial charge in [0.2, 0.25) is 0 Å². The number of halogens is 2. The van der Waals surface area contributed by atoms with Crippen LogP contribution in [0.3, 0.4) is 0 Å². The summed E-state index contributed by atoms with van der Waals surface area (Å²) in [7, 11) is 1.36. The van der Waals surface area contributed by atoms with E-state index in [0.717, 1.165) is 18.5 Å². The van der Waals surface area contributed by atoms with Gasteiger partial charge in [-0.05, 0) is 30.7 Å². The number of hydrogen-bond donors (Lipinski definition) is 0. The van der Waals surface area contributed by atoms with Crippen LogP contribution in [0, 0.1) is 5.82 Å². The predicted octanol–water partition coefficient (Wildman–Crippen LogP) is 2.86. The molecule has 0 aliphatic carbocycles. The molecular weight excluding hydrogens is 257 g/mol. The molecule has 18 heavy (non-hydrogen) atoms. The van der Waals surface area contributed by atoms with Gasteiger partial charge in [0, 0.05) is 11.6 Å². The van der Waals surface area contributed by atoms with Crippen molar-refractivity contribution in [1.82, 2.24) is 4.90 Å². The van der Waals surface area contributed by atoms with E-state index in [1.54, 1.807) is 6.07 Å². The molecule has 0 radical (unpaired) electrons. The lowest BCUT2D eigenvalue weighted by atomic mass is 10.2. The lowest BCUT2D eigenvalue weighted by molar-refractivity contribution is -0.142. The molecule has 0 aliphatic rings. The van der Waals surface area contributed by atoms with E-state index in [1.165, 1.54) is 19.2 Å². The number of benzene rings is 1. The van der Waals surface area contributed by atoms with Crippen molar-refractivity contribution in [1.29, 1.82) is 0 Å². The van der Waals surface area contributed by atoms with Gasteiger partial charge in [-0.3, -0.25) is 9.69 Å². The summed E-state index contributed by atoms with van der Waals surface area (Å²) in [5, 5.41) is 0.376. The van der Waals surface area contributed by atoms with Crippen LogP contribution in [0.5, 0.6) is 0 Å². The summed E-state index contributed by atoms with van der Waals surface area (Å²) in [5.74, 6) is -0.652. The van der Waals surface area contributed by atoms with Crippen LogP contribution in [0.4, 0.5) is 4.39 Å². The summed E-state index contributed by atoms with van der Waals surface area (Å²) in [6, 6.07) is 4.28. The average Bonchev–Trinajstić information content (AvgIpc) is 2.32. The van der Waals surface area contributed by atoms with Crippen molar-refractivity contribution in [3.63, 3.8) is 0 Å². The number of carbonyl (C=O) groups excluding carboxylic acids is 1. The Morgan fingerprint density at radius 2 is 2.22 bits per heavy atom. The fourth-order valence-electron chi connectivity index (χ4n) is 1.67. The molecule has 0 fully saturated rings. The normalized spacial score (nSPS) is 10.7. The molecule has 0 unspecified atom stereocenters. The number of carbonyl (C=O) groups is 1. The lowest BCUT2D eigenvalue weighted by Crippen LogP contribution is -2.31. The quantitative estimate of drug-likeness (QED) is 0.747. The first kappa shape index (κ1) is 14.9. The molecule has 0 aromatic heterocycles. The second kappa shape index (κ2) is 7.34. The van der Waals surface area contributed by atoms with Crippen LogP contribution in [-0.2, 0) is 16.1 Å². The minimum atomic E-state index is -0.362. The first-order chi connectivity index (χ1) is 8.56. The molecular formula is C13H17ClFNO2. The third-order valence-electron chi connectivity index (χ3n) is 2.53. The standard InChI is InChI=1S/C13H17ClFNO2/c1-3-6-16(9-13(17)18-2)8-10-4-5-11(15)7-12(10)14/h4-5,7H,3,6,8-9H2,1-2H3. The molecule has 1 aromatic carbocycles. The van der Waals surface area contributed by atoms with Crippen molar-refractivity contribution in [2.45, 2.75) is 19.9 Å². The number of methoxy groups -OCH3 is 1. The van der Waals surface area contributed by atoms with E-state index >= 15 is 0 Å². The topological polar surface area (TPSA) is 29.5 Å². The highest BCUT2D eigenvalue weighted by Crippen LogP contribution is 2.19. The van der Waals surface area contributed by atoms with E-state index in [0.29, 0.717) is 11.6 Å². The average molecular weight is 274 g/mol. The van der Waals surface area contributed by atoms with E-state index < -0.39 is 0 Å². The third kappa shape index (κ3) is 4.63. The zero-order chi connectivity index (χ0) is 13.5. The van der Waals surface area contributed by atoms with Crippen LogP contribution in [-0.4, -0.2) is 31.1 Å². The monoisotopic (exact) mass is 273 g/mol. The largest absolute Gasteiger partial charge is 0.468 e. The fraction of sp³-hybridized carbons (Fsp3) is 0.462. The van der Waals surface area contributed by atoms with Gasteiger partial charge in [0.15, 0.2) is 0 Å². The summed E-state index contributed by atoms with van der Waals surface area (Å²) >= 11 is 5.96. The molecule has 0 atom stereocenters. The fourth-order valence-corrected chi connectivity index (χ4v) is 1.90. The molecule has 100 valence electrons. The van der Waals surface area contributed by atoms with Crippen molar-refractivity contribution in [3.05, 3.63) is 34.6 Å². The molecule has 0 bridgehead atoms. The van der Waals surface area contributed by atoms with Crippen molar-refractivity contribution in [2.75, 3.05) is 20.2 Å². The summed E-state index contributed by atoms with van der Waals surface area (Å²) in [6.45, 7) is 3.49. The van der Waals surface area contributed by atoms with Gasteiger partial charge < -0.3 is 4.74 Å². The Kier molecular flexibility index (Phi) is 6.09. The summed E-state index contributed by atoms with van der Waals surface area (Å²) in [5.41, 5.74) is 0.801. The first-order valence-electron chi connectivity index (χ1n) is 5.80. The van der Waals surface area contributed by atoms with Gasteiger partial charge in [0.25, 0.3) is 0 Å². The maximum Gasteiger partial charge on any atom is 0.319 e. The molecule has 0 aliphatic heterocycles. The number of hydrogen-bond acceptors (Lipinski definition) is 3. The second-order valence-corrected chi connectivity index (χ2v) is 4.43. The van der Waals surface area contributed by atoms with Gasteiger partial charge in [-0.1, -0.05) is 24.6 Å². The Morgan fingerprint density at radius 3 is 2.78 bits per heavy atom.